The van der Waals surface area contributed by atoms with Crippen molar-refractivity contribution in [1.29, 1.82) is 0 Å². The Morgan fingerprint density at radius 3 is 2.23 bits per heavy atom. The van der Waals surface area contributed by atoms with Crippen LogP contribution in [0, 0.1) is 6.92 Å². The minimum Gasteiger partial charge on any atom is -0.335 e. The summed E-state index contributed by atoms with van der Waals surface area (Å²) >= 11 is 0. The zero-order valence-corrected chi connectivity index (χ0v) is 18.6. The summed E-state index contributed by atoms with van der Waals surface area (Å²) in [4.78, 5) is 38.4. The van der Waals surface area contributed by atoms with Gasteiger partial charge in [-0.05, 0) is 50.3 Å². The van der Waals surface area contributed by atoms with Crippen LogP contribution in [0.25, 0.3) is 0 Å². The quantitative estimate of drug-likeness (QED) is 0.569. The third kappa shape index (κ3) is 6.87. The molecule has 31 heavy (non-hydrogen) atoms. The van der Waals surface area contributed by atoms with Crippen molar-refractivity contribution in [3.8, 4) is 0 Å². The van der Waals surface area contributed by atoms with Crippen LogP contribution < -0.4 is 21.3 Å². The fourth-order valence-electron chi connectivity index (χ4n) is 4.16. The summed E-state index contributed by atoms with van der Waals surface area (Å²) in [6.45, 7) is 4.89. The molecule has 1 aromatic carbocycles. The van der Waals surface area contributed by atoms with E-state index >= 15 is 0 Å². The monoisotopic (exact) mass is 429 g/mol. The van der Waals surface area contributed by atoms with Crippen molar-refractivity contribution >= 4 is 29.3 Å². The average molecular weight is 430 g/mol. The maximum Gasteiger partial charge on any atom is 0.321 e. The van der Waals surface area contributed by atoms with Crippen LogP contribution in [0.5, 0.6) is 0 Å². The summed E-state index contributed by atoms with van der Waals surface area (Å²) in [6, 6.07) is 5.62. The van der Waals surface area contributed by atoms with Gasteiger partial charge in [0.25, 0.3) is 0 Å². The Labute approximate surface area is 184 Å². The van der Waals surface area contributed by atoms with Gasteiger partial charge in [0.05, 0.1) is 0 Å². The molecule has 1 heterocycles. The number of hydrogen-bond acceptors (Lipinski definition) is 3. The number of carbonyl (C=O) groups excluding carboxylic acids is 3. The number of nitrogens with one attached hydrogen (secondary N) is 4. The first-order valence-corrected chi connectivity index (χ1v) is 11.5. The van der Waals surface area contributed by atoms with Gasteiger partial charge in [0.2, 0.25) is 5.91 Å². The molecule has 2 aliphatic rings. The molecule has 4 N–H and O–H groups in total. The van der Waals surface area contributed by atoms with Crippen molar-refractivity contribution in [1.82, 2.24) is 15.5 Å². The molecule has 1 saturated carbocycles. The lowest BCUT2D eigenvalue weighted by Gasteiger charge is -2.33. The molecule has 3 rings (SSSR count). The zero-order valence-electron chi connectivity index (χ0n) is 18.6. The Morgan fingerprint density at radius 1 is 0.935 bits per heavy atom. The van der Waals surface area contributed by atoms with Gasteiger partial charge in [-0.2, -0.15) is 0 Å². The maximum atomic E-state index is 12.7. The molecular weight excluding hydrogens is 394 g/mol. The minimum atomic E-state index is -0.160. The molecule has 1 aromatic rings. The minimum absolute atomic E-state index is 0.0665. The summed E-state index contributed by atoms with van der Waals surface area (Å²) in [5, 5.41) is 11.9. The first-order valence-electron chi connectivity index (χ1n) is 11.5. The number of carbonyl (C=O) groups is 3. The molecule has 1 aliphatic heterocycles. The molecule has 0 atom stereocenters. The topological polar surface area (TPSA) is 103 Å². The zero-order chi connectivity index (χ0) is 22.2. The van der Waals surface area contributed by atoms with Crippen LogP contribution in [0.1, 0.15) is 63.9 Å². The number of likely N-dealkylation sites (tertiary alicyclic amines) is 1. The Morgan fingerprint density at radius 2 is 1.58 bits per heavy atom. The van der Waals surface area contributed by atoms with Crippen LogP contribution in [0.3, 0.4) is 0 Å². The molecule has 8 nitrogen and oxygen atoms in total. The lowest BCUT2D eigenvalue weighted by molar-refractivity contribution is -0.115. The number of piperidine rings is 1. The molecule has 1 aliphatic carbocycles. The number of hydrogen-bond donors (Lipinski definition) is 4. The van der Waals surface area contributed by atoms with Crippen LogP contribution in [0.2, 0.25) is 0 Å². The summed E-state index contributed by atoms with van der Waals surface area (Å²) in [5.41, 5.74) is 2.28. The molecule has 0 radical (unpaired) electrons. The van der Waals surface area contributed by atoms with E-state index in [9.17, 15) is 14.4 Å². The van der Waals surface area contributed by atoms with Gasteiger partial charge >= 0.3 is 12.1 Å². The number of benzene rings is 1. The Hall–Kier alpha value is -2.77. The lowest BCUT2D eigenvalue weighted by Crippen LogP contribution is -2.51. The SMILES string of the molecule is CCC(=O)Nc1ccc(C)c(NC(=O)N2CCC(NC(=O)NC3CCCCC3)CC2)c1. The molecule has 0 bridgehead atoms. The first kappa shape index (κ1) is 22.9. The van der Waals surface area contributed by atoms with E-state index < -0.39 is 0 Å². The summed E-state index contributed by atoms with van der Waals surface area (Å²) in [6.07, 6.45) is 7.63. The van der Waals surface area contributed by atoms with E-state index in [1.54, 1.807) is 17.9 Å². The Balaban J connectivity index is 1.45. The summed E-state index contributed by atoms with van der Waals surface area (Å²) < 4.78 is 0. The normalized spacial score (nSPS) is 17.7. The standard InChI is InChI=1S/C23H35N5O3/c1-3-21(29)24-19-10-9-16(2)20(15-19)27-23(31)28-13-11-18(12-14-28)26-22(30)25-17-7-5-4-6-8-17/h9-10,15,17-18H,3-8,11-14H2,1-2H3,(H,24,29)(H,27,31)(H2,25,26,30). The van der Waals surface area contributed by atoms with Crippen molar-refractivity contribution in [2.45, 2.75) is 77.3 Å². The summed E-state index contributed by atoms with van der Waals surface area (Å²) in [5.74, 6) is -0.0665. The first-order chi connectivity index (χ1) is 14.9. The van der Waals surface area contributed by atoms with E-state index in [0.717, 1.165) is 31.2 Å². The van der Waals surface area contributed by atoms with Gasteiger partial charge in [-0.15, -0.1) is 0 Å². The molecular formula is C23H35N5O3. The highest BCUT2D eigenvalue weighted by Crippen LogP contribution is 2.22. The number of aryl methyl sites for hydroxylation is 1. The summed E-state index contributed by atoms with van der Waals surface area (Å²) in [7, 11) is 0. The molecule has 0 spiro atoms. The predicted octanol–water partition coefficient (Wildman–Crippen LogP) is 3.97. The third-order valence-electron chi connectivity index (χ3n) is 6.14. The van der Waals surface area contributed by atoms with Gasteiger partial charge in [0.15, 0.2) is 0 Å². The fourth-order valence-corrected chi connectivity index (χ4v) is 4.16. The largest absolute Gasteiger partial charge is 0.335 e. The van der Waals surface area contributed by atoms with Crippen LogP contribution in [-0.2, 0) is 4.79 Å². The van der Waals surface area contributed by atoms with Crippen molar-refractivity contribution in [2.75, 3.05) is 23.7 Å². The van der Waals surface area contributed by atoms with E-state index in [4.69, 9.17) is 0 Å². The highest BCUT2D eigenvalue weighted by molar-refractivity contribution is 5.94. The highest BCUT2D eigenvalue weighted by Gasteiger charge is 2.25. The predicted molar refractivity (Wildman–Crippen MR) is 122 cm³/mol. The van der Waals surface area contributed by atoms with E-state index in [-0.39, 0.29) is 24.0 Å². The average Bonchev–Trinajstić information content (AvgIpc) is 2.77. The third-order valence-corrected chi connectivity index (χ3v) is 6.14. The van der Waals surface area contributed by atoms with Gasteiger partial charge in [-0.3, -0.25) is 4.79 Å². The van der Waals surface area contributed by atoms with Crippen molar-refractivity contribution in [3.63, 3.8) is 0 Å². The van der Waals surface area contributed by atoms with Gasteiger partial charge in [-0.1, -0.05) is 32.3 Å². The highest BCUT2D eigenvalue weighted by atomic mass is 16.2. The van der Waals surface area contributed by atoms with Crippen LogP contribution >= 0.6 is 0 Å². The Kier molecular flexibility index (Phi) is 8.14. The molecule has 0 unspecified atom stereocenters. The van der Waals surface area contributed by atoms with E-state index in [1.807, 2.05) is 19.1 Å². The molecule has 8 heteroatoms. The number of amides is 5. The van der Waals surface area contributed by atoms with Gasteiger partial charge in [0, 0.05) is 43.0 Å². The molecule has 170 valence electrons. The second kappa shape index (κ2) is 11.0. The molecule has 5 amide bonds. The van der Waals surface area contributed by atoms with Crippen LogP contribution in [0.15, 0.2) is 18.2 Å². The van der Waals surface area contributed by atoms with Gasteiger partial charge in [0.1, 0.15) is 0 Å². The number of nitrogens with zero attached hydrogens (tertiary/aromatic N) is 1. The van der Waals surface area contributed by atoms with Crippen LogP contribution in [0.4, 0.5) is 21.0 Å². The van der Waals surface area contributed by atoms with E-state index in [1.165, 1.54) is 19.3 Å². The number of urea groups is 2. The molecule has 2 fully saturated rings. The van der Waals surface area contributed by atoms with Gasteiger partial charge < -0.3 is 26.2 Å². The molecule has 0 aromatic heterocycles. The second-order valence-corrected chi connectivity index (χ2v) is 8.58. The van der Waals surface area contributed by atoms with Crippen molar-refractivity contribution < 1.29 is 14.4 Å². The maximum absolute atomic E-state index is 12.7. The van der Waals surface area contributed by atoms with E-state index in [2.05, 4.69) is 21.3 Å². The van der Waals surface area contributed by atoms with Gasteiger partial charge in [-0.25, -0.2) is 9.59 Å². The fraction of sp³-hybridized carbons (Fsp3) is 0.609. The Bertz CT molecular complexity index is 783. The van der Waals surface area contributed by atoms with Crippen LogP contribution in [-0.4, -0.2) is 48.0 Å². The lowest BCUT2D eigenvalue weighted by atomic mass is 9.96. The number of anilines is 2. The van der Waals surface area contributed by atoms with E-state index in [0.29, 0.717) is 36.9 Å². The van der Waals surface area contributed by atoms with Crippen molar-refractivity contribution in [3.05, 3.63) is 23.8 Å². The van der Waals surface area contributed by atoms with Crippen molar-refractivity contribution in [2.24, 2.45) is 0 Å². The number of rotatable bonds is 5. The second-order valence-electron chi connectivity index (χ2n) is 8.58. The molecule has 1 saturated heterocycles. The smallest absolute Gasteiger partial charge is 0.321 e.